The first-order valence-corrected chi connectivity index (χ1v) is 8.67. The van der Waals surface area contributed by atoms with Gasteiger partial charge in [-0.25, -0.2) is 4.98 Å². The Morgan fingerprint density at radius 3 is 2.88 bits per heavy atom. The van der Waals surface area contributed by atoms with E-state index < -0.39 is 0 Å². The Morgan fingerprint density at radius 1 is 1.40 bits per heavy atom. The molecule has 1 aliphatic rings. The fourth-order valence-corrected chi connectivity index (χ4v) is 2.76. The number of methoxy groups -OCH3 is 1. The number of amides is 1. The number of benzene rings is 1. The average Bonchev–Trinajstić information content (AvgIpc) is 3.33. The molecule has 25 heavy (non-hydrogen) atoms. The molecule has 134 valence electrons. The molecule has 1 heterocycles. The molecule has 6 heteroatoms. The molecule has 1 amide bonds. The maximum absolute atomic E-state index is 12.0. The summed E-state index contributed by atoms with van der Waals surface area (Å²) in [5.74, 6) is 1.23. The van der Waals surface area contributed by atoms with Crippen molar-refractivity contribution < 1.29 is 13.9 Å². The van der Waals surface area contributed by atoms with Crippen LogP contribution in [0.1, 0.15) is 48.6 Å². The van der Waals surface area contributed by atoms with Gasteiger partial charge in [0.2, 0.25) is 5.89 Å². The van der Waals surface area contributed by atoms with E-state index in [9.17, 15) is 4.79 Å². The summed E-state index contributed by atoms with van der Waals surface area (Å²) in [6.45, 7) is 5.23. The minimum Gasteiger partial charge on any atom is -0.497 e. The standard InChI is InChI=1S/C19H25N3O3/c1-13(2)20-19(23)17-12-25-18(21-17)11-22(15-7-8-15)10-14-5-4-6-16(9-14)24-3/h4-6,9,12-13,15H,7-8,10-11H2,1-3H3,(H,20,23). The molecular weight excluding hydrogens is 318 g/mol. The number of nitrogens with one attached hydrogen (secondary N) is 1. The number of hydrogen-bond acceptors (Lipinski definition) is 5. The first kappa shape index (κ1) is 17.5. The normalized spacial score (nSPS) is 14.1. The number of carbonyl (C=O) groups excluding carboxylic acids is 1. The highest BCUT2D eigenvalue weighted by molar-refractivity contribution is 5.92. The Hall–Kier alpha value is -2.34. The van der Waals surface area contributed by atoms with Gasteiger partial charge in [0.15, 0.2) is 5.69 Å². The van der Waals surface area contributed by atoms with Crippen LogP contribution in [-0.2, 0) is 13.1 Å². The molecule has 0 bridgehead atoms. The van der Waals surface area contributed by atoms with E-state index >= 15 is 0 Å². The van der Waals surface area contributed by atoms with Gasteiger partial charge in [-0.2, -0.15) is 0 Å². The molecule has 1 aliphatic carbocycles. The number of rotatable bonds is 8. The van der Waals surface area contributed by atoms with Crippen LogP contribution in [0.3, 0.4) is 0 Å². The number of hydrogen-bond donors (Lipinski definition) is 1. The van der Waals surface area contributed by atoms with Gasteiger partial charge in [0.05, 0.1) is 13.7 Å². The number of nitrogens with zero attached hydrogens (tertiary/aromatic N) is 2. The summed E-state index contributed by atoms with van der Waals surface area (Å²) in [5.41, 5.74) is 1.52. The molecule has 0 atom stereocenters. The summed E-state index contributed by atoms with van der Waals surface area (Å²) in [5, 5.41) is 2.82. The molecule has 1 aromatic heterocycles. The van der Waals surface area contributed by atoms with Crippen molar-refractivity contribution in [3.8, 4) is 5.75 Å². The fraction of sp³-hybridized carbons (Fsp3) is 0.474. The minimum absolute atomic E-state index is 0.0728. The predicted molar refractivity (Wildman–Crippen MR) is 94.4 cm³/mol. The minimum atomic E-state index is -0.198. The van der Waals surface area contributed by atoms with Crippen LogP contribution >= 0.6 is 0 Å². The quantitative estimate of drug-likeness (QED) is 0.798. The second-order valence-corrected chi connectivity index (χ2v) is 6.74. The third-order valence-electron chi connectivity index (χ3n) is 4.13. The number of ether oxygens (including phenoxy) is 1. The van der Waals surface area contributed by atoms with Crippen molar-refractivity contribution in [3.63, 3.8) is 0 Å². The van der Waals surface area contributed by atoms with E-state index in [0.29, 0.717) is 24.2 Å². The summed E-state index contributed by atoms with van der Waals surface area (Å²) in [7, 11) is 1.67. The Kier molecular flexibility index (Phi) is 5.38. The molecule has 1 fully saturated rings. The molecule has 0 saturated heterocycles. The lowest BCUT2D eigenvalue weighted by atomic mass is 10.2. The van der Waals surface area contributed by atoms with E-state index in [4.69, 9.17) is 9.15 Å². The van der Waals surface area contributed by atoms with E-state index in [1.165, 1.54) is 24.7 Å². The highest BCUT2D eigenvalue weighted by Crippen LogP contribution is 2.30. The van der Waals surface area contributed by atoms with E-state index in [0.717, 1.165) is 12.3 Å². The molecule has 0 spiro atoms. The van der Waals surface area contributed by atoms with Gasteiger partial charge < -0.3 is 14.5 Å². The summed E-state index contributed by atoms with van der Waals surface area (Å²) in [6, 6.07) is 8.70. The second-order valence-electron chi connectivity index (χ2n) is 6.74. The van der Waals surface area contributed by atoms with Crippen LogP contribution in [-0.4, -0.2) is 35.0 Å². The predicted octanol–water partition coefficient (Wildman–Crippen LogP) is 2.99. The van der Waals surface area contributed by atoms with Crippen molar-refractivity contribution in [2.45, 2.75) is 51.9 Å². The summed E-state index contributed by atoms with van der Waals surface area (Å²) in [6.07, 6.45) is 3.81. The van der Waals surface area contributed by atoms with Crippen LogP contribution < -0.4 is 10.1 Å². The highest BCUT2D eigenvalue weighted by Gasteiger charge is 2.30. The highest BCUT2D eigenvalue weighted by atomic mass is 16.5. The number of carbonyl (C=O) groups is 1. The lowest BCUT2D eigenvalue weighted by molar-refractivity contribution is 0.0938. The molecular formula is C19H25N3O3. The Bertz CT molecular complexity index is 722. The topological polar surface area (TPSA) is 67.6 Å². The first-order chi connectivity index (χ1) is 12.0. The van der Waals surface area contributed by atoms with Crippen LogP contribution in [0.2, 0.25) is 0 Å². The van der Waals surface area contributed by atoms with Crippen LogP contribution in [0.5, 0.6) is 5.75 Å². The van der Waals surface area contributed by atoms with Crippen LogP contribution in [0, 0.1) is 0 Å². The Balaban J connectivity index is 1.66. The van der Waals surface area contributed by atoms with Gasteiger partial charge in [-0.05, 0) is 44.4 Å². The van der Waals surface area contributed by atoms with Gasteiger partial charge in [0.1, 0.15) is 12.0 Å². The smallest absolute Gasteiger partial charge is 0.273 e. The van der Waals surface area contributed by atoms with Crippen molar-refractivity contribution in [2.24, 2.45) is 0 Å². The SMILES string of the molecule is COc1cccc(CN(Cc2nc(C(=O)NC(C)C)co2)C2CC2)c1. The van der Waals surface area contributed by atoms with E-state index in [2.05, 4.69) is 21.3 Å². The van der Waals surface area contributed by atoms with Gasteiger partial charge in [0, 0.05) is 18.6 Å². The molecule has 1 N–H and O–H groups in total. The van der Waals surface area contributed by atoms with E-state index in [-0.39, 0.29) is 11.9 Å². The van der Waals surface area contributed by atoms with E-state index in [1.54, 1.807) is 7.11 Å². The van der Waals surface area contributed by atoms with Gasteiger partial charge >= 0.3 is 0 Å². The Morgan fingerprint density at radius 2 is 2.20 bits per heavy atom. The van der Waals surface area contributed by atoms with Gasteiger partial charge in [-0.15, -0.1) is 0 Å². The van der Waals surface area contributed by atoms with Crippen molar-refractivity contribution in [3.05, 3.63) is 47.7 Å². The summed E-state index contributed by atoms with van der Waals surface area (Å²) >= 11 is 0. The van der Waals surface area contributed by atoms with Crippen LogP contribution in [0.25, 0.3) is 0 Å². The number of oxazole rings is 1. The monoisotopic (exact) mass is 343 g/mol. The third kappa shape index (κ3) is 4.82. The zero-order chi connectivity index (χ0) is 17.8. The molecule has 1 aromatic carbocycles. The average molecular weight is 343 g/mol. The van der Waals surface area contributed by atoms with Crippen molar-refractivity contribution in [1.82, 2.24) is 15.2 Å². The summed E-state index contributed by atoms with van der Waals surface area (Å²) in [4.78, 5) is 18.7. The molecule has 0 radical (unpaired) electrons. The molecule has 2 aromatic rings. The lowest BCUT2D eigenvalue weighted by Crippen LogP contribution is -2.30. The summed E-state index contributed by atoms with van der Waals surface area (Å²) < 4.78 is 10.8. The lowest BCUT2D eigenvalue weighted by Gasteiger charge is -2.20. The van der Waals surface area contributed by atoms with Gasteiger partial charge in [-0.3, -0.25) is 9.69 Å². The van der Waals surface area contributed by atoms with Gasteiger partial charge in [-0.1, -0.05) is 12.1 Å². The third-order valence-corrected chi connectivity index (χ3v) is 4.13. The maximum atomic E-state index is 12.0. The van der Waals surface area contributed by atoms with Crippen molar-refractivity contribution >= 4 is 5.91 Å². The Labute approximate surface area is 148 Å². The molecule has 0 unspecified atom stereocenters. The fourth-order valence-electron chi connectivity index (χ4n) is 2.76. The van der Waals surface area contributed by atoms with Crippen molar-refractivity contribution in [1.29, 1.82) is 0 Å². The first-order valence-electron chi connectivity index (χ1n) is 8.67. The van der Waals surface area contributed by atoms with Crippen molar-refractivity contribution in [2.75, 3.05) is 7.11 Å². The zero-order valence-electron chi connectivity index (χ0n) is 15.0. The molecule has 3 rings (SSSR count). The molecule has 1 saturated carbocycles. The second kappa shape index (κ2) is 7.70. The van der Waals surface area contributed by atoms with E-state index in [1.807, 2.05) is 32.0 Å². The maximum Gasteiger partial charge on any atom is 0.273 e. The van der Waals surface area contributed by atoms with Crippen LogP contribution in [0.15, 0.2) is 34.9 Å². The van der Waals surface area contributed by atoms with Crippen LogP contribution in [0.4, 0.5) is 0 Å². The zero-order valence-corrected chi connectivity index (χ0v) is 15.0. The largest absolute Gasteiger partial charge is 0.497 e. The number of aromatic nitrogens is 1. The van der Waals surface area contributed by atoms with Gasteiger partial charge in [0.25, 0.3) is 5.91 Å². The molecule has 6 nitrogen and oxygen atoms in total. The molecule has 0 aliphatic heterocycles.